The average Bonchev–Trinajstić information content (AvgIpc) is 3.23. The van der Waals surface area contributed by atoms with Crippen LogP contribution >= 0.6 is 11.8 Å². The third kappa shape index (κ3) is 5.18. The number of carbonyl (C=O) groups excluding carboxylic acids is 2. The Morgan fingerprint density at radius 2 is 1.71 bits per heavy atom. The van der Waals surface area contributed by atoms with Crippen molar-refractivity contribution < 1.29 is 14.5 Å². The molecule has 0 saturated heterocycles. The Bertz CT molecular complexity index is 1350. The van der Waals surface area contributed by atoms with Crippen molar-refractivity contribution in [1.82, 2.24) is 14.8 Å². The van der Waals surface area contributed by atoms with Crippen LogP contribution < -0.4 is 5.32 Å². The summed E-state index contributed by atoms with van der Waals surface area (Å²) < 4.78 is 1.77. The van der Waals surface area contributed by atoms with Gasteiger partial charge in [0.05, 0.1) is 10.7 Å². The number of anilines is 1. The smallest absolute Gasteiger partial charge is 0.269 e. The quantitative estimate of drug-likeness (QED) is 0.172. The molecule has 0 fully saturated rings. The van der Waals surface area contributed by atoms with E-state index in [2.05, 4.69) is 15.5 Å². The topological polar surface area (TPSA) is 120 Å². The third-order valence-electron chi connectivity index (χ3n) is 4.98. The largest absolute Gasteiger partial charge is 0.322 e. The highest BCUT2D eigenvalue weighted by Crippen LogP contribution is 2.25. The first-order valence-corrected chi connectivity index (χ1v) is 11.2. The second-order valence-electron chi connectivity index (χ2n) is 7.28. The molecule has 0 aliphatic rings. The molecule has 4 rings (SSSR count). The van der Waals surface area contributed by atoms with Crippen molar-refractivity contribution in [3.8, 4) is 11.4 Å². The summed E-state index contributed by atoms with van der Waals surface area (Å²) in [7, 11) is 1.79. The minimum absolute atomic E-state index is 0.0654. The molecule has 0 saturated carbocycles. The zero-order chi connectivity index (χ0) is 24.1. The predicted molar refractivity (Wildman–Crippen MR) is 129 cm³/mol. The molecule has 170 valence electrons. The van der Waals surface area contributed by atoms with Crippen LogP contribution in [-0.4, -0.2) is 37.1 Å². The van der Waals surface area contributed by atoms with Gasteiger partial charge in [-0.25, -0.2) is 0 Å². The number of nitrogens with one attached hydrogen (secondary N) is 1. The van der Waals surface area contributed by atoms with Crippen LogP contribution in [0.1, 0.15) is 20.7 Å². The standard InChI is InChI=1S/C24H19N5O4S/c1-28-22(18-8-5-9-19(14-18)25-23(31)17-6-3-2-4-7-17)26-27-24(28)34-15-21(30)16-10-12-20(13-11-16)29(32)33/h2-14H,15H2,1H3,(H,25,31). The van der Waals surface area contributed by atoms with E-state index in [1.54, 1.807) is 48.0 Å². The fourth-order valence-electron chi connectivity index (χ4n) is 3.20. The van der Waals surface area contributed by atoms with Gasteiger partial charge >= 0.3 is 0 Å². The molecule has 0 aliphatic heterocycles. The lowest BCUT2D eigenvalue weighted by Crippen LogP contribution is -2.11. The number of benzene rings is 3. The number of aromatic nitrogens is 3. The summed E-state index contributed by atoms with van der Waals surface area (Å²) in [6.07, 6.45) is 0. The van der Waals surface area contributed by atoms with Gasteiger partial charge in [-0.3, -0.25) is 19.7 Å². The second-order valence-corrected chi connectivity index (χ2v) is 8.22. The zero-order valence-corrected chi connectivity index (χ0v) is 18.9. The van der Waals surface area contributed by atoms with Crippen molar-refractivity contribution in [2.75, 3.05) is 11.1 Å². The Hall–Kier alpha value is -4.31. The Morgan fingerprint density at radius 3 is 2.41 bits per heavy atom. The number of hydrogen-bond donors (Lipinski definition) is 1. The van der Waals surface area contributed by atoms with Crippen LogP contribution in [0.5, 0.6) is 0 Å². The van der Waals surface area contributed by atoms with Crippen LogP contribution in [0.25, 0.3) is 11.4 Å². The first-order valence-electron chi connectivity index (χ1n) is 10.2. The molecule has 0 atom stereocenters. The Balaban J connectivity index is 1.44. The van der Waals surface area contributed by atoms with Gasteiger partial charge in [-0.15, -0.1) is 10.2 Å². The number of Topliss-reactive ketones (excluding diaryl/α,β-unsaturated/α-hetero) is 1. The van der Waals surface area contributed by atoms with E-state index in [-0.39, 0.29) is 23.1 Å². The Morgan fingerprint density at radius 1 is 0.971 bits per heavy atom. The van der Waals surface area contributed by atoms with E-state index in [0.717, 1.165) is 5.56 Å². The molecule has 9 nitrogen and oxygen atoms in total. The maximum Gasteiger partial charge on any atom is 0.269 e. The number of hydrogen-bond acceptors (Lipinski definition) is 7. The molecular formula is C24H19N5O4S. The summed E-state index contributed by atoms with van der Waals surface area (Å²) in [5.74, 6) is 0.310. The lowest BCUT2D eigenvalue weighted by atomic mass is 10.1. The van der Waals surface area contributed by atoms with E-state index in [1.165, 1.54) is 36.0 Å². The van der Waals surface area contributed by atoms with E-state index in [9.17, 15) is 19.7 Å². The molecule has 1 aromatic heterocycles. The highest BCUT2D eigenvalue weighted by Gasteiger charge is 2.15. The van der Waals surface area contributed by atoms with Gasteiger partial charge < -0.3 is 9.88 Å². The Kier molecular flexibility index (Phi) is 6.79. The van der Waals surface area contributed by atoms with Gasteiger partial charge in [0, 0.05) is 41.6 Å². The number of amides is 1. The molecule has 0 radical (unpaired) electrons. The number of carbonyl (C=O) groups is 2. The van der Waals surface area contributed by atoms with Crippen LogP contribution in [-0.2, 0) is 7.05 Å². The van der Waals surface area contributed by atoms with Gasteiger partial charge in [0.1, 0.15) is 0 Å². The third-order valence-corrected chi connectivity index (χ3v) is 6.00. The molecule has 1 heterocycles. The van der Waals surface area contributed by atoms with Crippen molar-refractivity contribution >= 4 is 34.8 Å². The number of nitrogens with zero attached hydrogens (tertiary/aromatic N) is 4. The SMILES string of the molecule is Cn1c(SCC(=O)c2ccc([N+](=O)[O-])cc2)nnc1-c1cccc(NC(=O)c2ccccc2)c1. The number of nitro benzene ring substituents is 1. The van der Waals surface area contributed by atoms with Gasteiger partial charge in [-0.05, 0) is 36.4 Å². The number of non-ortho nitro benzene ring substituents is 1. The van der Waals surface area contributed by atoms with Crippen LogP contribution in [0.3, 0.4) is 0 Å². The fourth-order valence-corrected chi connectivity index (χ4v) is 4.01. The van der Waals surface area contributed by atoms with Crippen molar-refractivity contribution in [2.24, 2.45) is 7.05 Å². The fraction of sp³-hybridized carbons (Fsp3) is 0.0833. The van der Waals surface area contributed by atoms with Crippen molar-refractivity contribution in [3.05, 3.63) is 100 Å². The molecule has 1 N–H and O–H groups in total. The summed E-state index contributed by atoms with van der Waals surface area (Å²) >= 11 is 1.22. The summed E-state index contributed by atoms with van der Waals surface area (Å²) in [6.45, 7) is 0. The van der Waals surface area contributed by atoms with Gasteiger partial charge in [0.25, 0.3) is 11.6 Å². The molecule has 10 heteroatoms. The first-order chi connectivity index (χ1) is 16.4. The van der Waals surface area contributed by atoms with Crippen molar-refractivity contribution in [1.29, 1.82) is 0 Å². The van der Waals surface area contributed by atoms with Gasteiger partial charge in [-0.1, -0.05) is 42.1 Å². The first kappa shape index (κ1) is 22.9. The van der Waals surface area contributed by atoms with E-state index in [4.69, 9.17) is 0 Å². The van der Waals surface area contributed by atoms with Gasteiger partial charge in [-0.2, -0.15) is 0 Å². The lowest BCUT2D eigenvalue weighted by Gasteiger charge is -2.08. The van der Waals surface area contributed by atoms with Crippen molar-refractivity contribution in [2.45, 2.75) is 5.16 Å². The molecule has 34 heavy (non-hydrogen) atoms. The highest BCUT2D eigenvalue weighted by molar-refractivity contribution is 7.99. The molecule has 0 aliphatic carbocycles. The predicted octanol–water partition coefficient (Wildman–Crippen LogP) is 4.62. The van der Waals surface area contributed by atoms with Crippen LogP contribution in [0.4, 0.5) is 11.4 Å². The molecular weight excluding hydrogens is 454 g/mol. The number of thioether (sulfide) groups is 1. The molecule has 0 bridgehead atoms. The van der Waals surface area contributed by atoms with E-state index in [1.807, 2.05) is 18.2 Å². The molecule has 1 amide bonds. The van der Waals surface area contributed by atoms with Crippen LogP contribution in [0.15, 0.2) is 84.0 Å². The number of nitro groups is 1. The molecule has 4 aromatic rings. The maximum atomic E-state index is 12.5. The zero-order valence-electron chi connectivity index (χ0n) is 18.0. The normalized spacial score (nSPS) is 10.6. The molecule has 3 aromatic carbocycles. The monoisotopic (exact) mass is 473 g/mol. The summed E-state index contributed by atoms with van der Waals surface area (Å²) in [5.41, 5.74) is 2.26. The summed E-state index contributed by atoms with van der Waals surface area (Å²) in [5, 5.41) is 22.6. The minimum Gasteiger partial charge on any atom is -0.322 e. The number of rotatable bonds is 8. The minimum atomic E-state index is -0.508. The Labute approximate surface area is 199 Å². The van der Waals surface area contributed by atoms with Crippen molar-refractivity contribution in [3.63, 3.8) is 0 Å². The van der Waals surface area contributed by atoms with E-state index in [0.29, 0.717) is 27.8 Å². The second kappa shape index (κ2) is 10.1. The van der Waals surface area contributed by atoms with Gasteiger partial charge in [0.15, 0.2) is 16.8 Å². The lowest BCUT2D eigenvalue weighted by molar-refractivity contribution is -0.384. The molecule has 0 unspecified atom stereocenters. The van der Waals surface area contributed by atoms with Crippen LogP contribution in [0, 0.1) is 10.1 Å². The van der Waals surface area contributed by atoms with Crippen LogP contribution in [0.2, 0.25) is 0 Å². The summed E-state index contributed by atoms with van der Waals surface area (Å²) in [4.78, 5) is 35.2. The van der Waals surface area contributed by atoms with Gasteiger partial charge in [0.2, 0.25) is 0 Å². The average molecular weight is 474 g/mol. The van der Waals surface area contributed by atoms with E-state index >= 15 is 0 Å². The maximum absolute atomic E-state index is 12.5. The highest BCUT2D eigenvalue weighted by atomic mass is 32.2. The number of ketones is 1. The summed E-state index contributed by atoms with van der Waals surface area (Å²) in [6, 6.07) is 21.7. The molecule has 0 spiro atoms. The van der Waals surface area contributed by atoms with E-state index < -0.39 is 4.92 Å².